The van der Waals surface area contributed by atoms with E-state index in [2.05, 4.69) is 71.7 Å². The van der Waals surface area contributed by atoms with Gasteiger partial charge in [0.15, 0.2) is 0 Å². The van der Waals surface area contributed by atoms with Crippen molar-refractivity contribution < 1.29 is 29.3 Å². The SMILES string of the molecule is COC(=O)C1=Cc2cc(Cl)ccc2C(N2CCN(C(=O)OC(C)(C)C)CC2)c2ncccc21.Cn1cncc1C(C)(O)C1=Cc2cc(Cl)ccc2[C@H](N2CCNCC2)c2ncccc21.Cn1cncc1C(C)(O)C1=Cc2cc(Cl)ccc2[C@H](N2CCNCC2)c2ncccc21. The first-order valence-corrected chi connectivity index (χ1v) is 33.2. The van der Waals surface area contributed by atoms with Crippen LogP contribution in [0, 0.1) is 0 Å². The van der Waals surface area contributed by atoms with E-state index in [-0.39, 0.29) is 24.2 Å². The maximum atomic E-state index is 12.7. The van der Waals surface area contributed by atoms with Crippen LogP contribution in [0.15, 0.2) is 135 Å². The summed E-state index contributed by atoms with van der Waals surface area (Å²) in [5, 5.41) is 32.5. The Morgan fingerprint density at radius 3 is 1.28 bits per heavy atom. The van der Waals surface area contributed by atoms with E-state index in [1.54, 1.807) is 36.1 Å². The van der Waals surface area contributed by atoms with Gasteiger partial charge in [-0.05, 0) is 152 Å². The molecule has 19 nitrogen and oxygen atoms in total. The number of hydrogen-bond acceptors (Lipinski definition) is 16. The third kappa shape index (κ3) is 13.9. The summed E-state index contributed by atoms with van der Waals surface area (Å²) in [6.07, 6.45) is 17.9. The number of aryl methyl sites for hydroxylation is 2. The van der Waals surface area contributed by atoms with Gasteiger partial charge in [-0.25, -0.2) is 19.6 Å². The molecule has 0 bridgehead atoms. The van der Waals surface area contributed by atoms with Gasteiger partial charge >= 0.3 is 12.1 Å². The van der Waals surface area contributed by atoms with Crippen molar-refractivity contribution in [2.75, 3.05) is 85.6 Å². The number of pyridine rings is 3. The molecule has 3 unspecified atom stereocenters. The molecule has 5 atom stereocenters. The van der Waals surface area contributed by atoms with Crippen LogP contribution in [0.4, 0.5) is 4.79 Å². The summed E-state index contributed by atoms with van der Waals surface area (Å²) in [5.41, 5.74) is 11.9. The number of rotatable bonds is 8. The summed E-state index contributed by atoms with van der Waals surface area (Å²) in [4.78, 5) is 57.0. The first-order chi connectivity index (χ1) is 45.6. The van der Waals surface area contributed by atoms with Gasteiger partial charge in [0.2, 0.25) is 0 Å². The second-order valence-electron chi connectivity index (χ2n) is 26.0. The molecule has 5 aromatic heterocycles. The number of carbonyl (C=O) groups excluding carboxylic acids is 2. The van der Waals surface area contributed by atoms with Crippen molar-refractivity contribution in [3.8, 4) is 0 Å². The number of benzene rings is 3. The fourth-order valence-electron chi connectivity index (χ4n) is 14.0. The highest BCUT2D eigenvalue weighted by Crippen LogP contribution is 2.48. The van der Waals surface area contributed by atoms with Gasteiger partial charge in [-0.3, -0.25) is 29.7 Å². The number of aliphatic hydroxyl groups is 2. The molecule has 3 saturated heterocycles. The zero-order chi connectivity index (χ0) is 66.9. The van der Waals surface area contributed by atoms with Crippen LogP contribution >= 0.6 is 34.8 Å². The molecule has 3 aromatic carbocycles. The average molecular weight is 1340 g/mol. The van der Waals surface area contributed by atoms with E-state index in [1.807, 2.05) is 143 Å². The number of carbonyl (C=O) groups is 2. The Hall–Kier alpha value is -7.92. The monoisotopic (exact) mass is 1340 g/mol. The van der Waals surface area contributed by atoms with E-state index in [0.717, 1.165) is 142 Å². The number of halogens is 3. The third-order valence-electron chi connectivity index (χ3n) is 18.5. The number of esters is 1. The Morgan fingerprint density at radius 2 is 0.905 bits per heavy atom. The van der Waals surface area contributed by atoms with Crippen molar-refractivity contribution in [1.29, 1.82) is 0 Å². The lowest BCUT2D eigenvalue weighted by Gasteiger charge is -2.40. The van der Waals surface area contributed by atoms with Gasteiger partial charge in [0.05, 0.1) is 84.3 Å². The van der Waals surface area contributed by atoms with Gasteiger partial charge in [-0.1, -0.05) is 71.2 Å². The second-order valence-corrected chi connectivity index (χ2v) is 27.3. The lowest BCUT2D eigenvalue weighted by molar-refractivity contribution is -0.133. The summed E-state index contributed by atoms with van der Waals surface area (Å²) in [5.74, 6) is -0.425. The van der Waals surface area contributed by atoms with Crippen LogP contribution in [0.2, 0.25) is 15.1 Å². The van der Waals surface area contributed by atoms with Crippen LogP contribution in [0.5, 0.6) is 0 Å². The molecule has 0 radical (unpaired) electrons. The minimum atomic E-state index is -1.26. The minimum Gasteiger partial charge on any atom is -0.465 e. The normalized spacial score (nSPS) is 20.1. The number of methoxy groups -OCH3 is 1. The highest BCUT2D eigenvalue weighted by Gasteiger charge is 2.42. The van der Waals surface area contributed by atoms with Crippen LogP contribution in [-0.4, -0.2) is 167 Å². The number of amides is 1. The van der Waals surface area contributed by atoms with Crippen LogP contribution in [0.3, 0.4) is 0 Å². The van der Waals surface area contributed by atoms with Gasteiger partial charge in [-0.15, -0.1) is 0 Å². The van der Waals surface area contributed by atoms with Crippen molar-refractivity contribution in [1.82, 2.24) is 64.3 Å². The second kappa shape index (κ2) is 28.0. The quantitative estimate of drug-likeness (QED) is 0.104. The number of imidazole rings is 2. The van der Waals surface area contributed by atoms with Crippen LogP contribution < -0.4 is 10.6 Å². The Bertz CT molecular complexity index is 4070. The summed E-state index contributed by atoms with van der Waals surface area (Å²) in [7, 11) is 5.16. The topological polar surface area (TPSA) is 204 Å². The Kier molecular flexibility index (Phi) is 19.8. The molecule has 3 aliphatic carbocycles. The molecule has 14 rings (SSSR count). The van der Waals surface area contributed by atoms with E-state index in [1.165, 1.54) is 7.11 Å². The van der Waals surface area contributed by atoms with E-state index in [4.69, 9.17) is 59.2 Å². The fourth-order valence-corrected chi connectivity index (χ4v) is 14.5. The molecule has 95 heavy (non-hydrogen) atoms. The maximum absolute atomic E-state index is 12.7. The number of ether oxygens (including phenoxy) is 2. The third-order valence-corrected chi connectivity index (χ3v) is 19.2. The lowest BCUT2D eigenvalue weighted by Crippen LogP contribution is -2.51. The van der Waals surface area contributed by atoms with Crippen molar-refractivity contribution in [3.05, 3.63) is 228 Å². The molecule has 1 amide bonds. The van der Waals surface area contributed by atoms with Crippen LogP contribution in [0.25, 0.3) is 34.9 Å². The smallest absolute Gasteiger partial charge is 0.410 e. The summed E-state index contributed by atoms with van der Waals surface area (Å²) in [6, 6.07) is 29.2. The molecule has 3 aliphatic heterocycles. The molecule has 0 spiro atoms. The molecular formula is C73H80Cl3N13O6. The van der Waals surface area contributed by atoms with Gasteiger partial charge < -0.3 is 44.4 Å². The molecule has 4 N–H and O–H groups in total. The van der Waals surface area contributed by atoms with Crippen LogP contribution in [0.1, 0.15) is 131 Å². The molecule has 22 heteroatoms. The van der Waals surface area contributed by atoms with E-state index < -0.39 is 22.8 Å². The standard InChI is InChI=1S/C25H28ClN3O4.2C24H26ClN5O/c1-25(2,3)33-24(31)29-12-10-28(11-13-29)22-18-8-7-17(26)14-16(18)15-20(23(30)32-4)19-6-5-9-27-21(19)22;2*1-24(31,21-14-27-15-29(21)2)20-13-16-12-17(25)5-6-18(16)23(30-10-8-26-9-11-30)22-19(20)4-3-7-28-22/h5-9,14-15,22H,10-13H2,1-4H3;2*3-7,12-15,23,26,31H,8-11H2,1-2H3/t;2*23-,24?/m.00/s1. The predicted octanol–water partition coefficient (Wildman–Crippen LogP) is 10.9. The zero-order valence-corrected chi connectivity index (χ0v) is 57.0. The van der Waals surface area contributed by atoms with Crippen molar-refractivity contribution in [2.24, 2.45) is 14.1 Å². The Balaban J connectivity index is 0.000000137. The first kappa shape index (κ1) is 67.1. The molecular weight excluding hydrogens is 1260 g/mol. The number of hydrogen-bond donors (Lipinski definition) is 4. The molecule has 8 heterocycles. The number of aromatic nitrogens is 7. The highest BCUT2D eigenvalue weighted by molar-refractivity contribution is 6.31. The fraction of sp³-hybridized carbons (Fsp3) is 0.356. The largest absolute Gasteiger partial charge is 0.465 e. The zero-order valence-electron chi connectivity index (χ0n) is 54.7. The van der Waals surface area contributed by atoms with Crippen LogP contribution in [-0.2, 0) is 39.6 Å². The predicted molar refractivity (Wildman–Crippen MR) is 372 cm³/mol. The Morgan fingerprint density at radius 1 is 0.526 bits per heavy atom. The minimum absolute atomic E-state index is 0.0124. The van der Waals surface area contributed by atoms with Crippen molar-refractivity contribution >= 4 is 81.8 Å². The van der Waals surface area contributed by atoms with E-state index in [9.17, 15) is 19.8 Å². The summed E-state index contributed by atoms with van der Waals surface area (Å²) < 4.78 is 14.3. The molecule has 494 valence electrons. The summed E-state index contributed by atoms with van der Waals surface area (Å²) in [6.45, 7) is 19.0. The number of nitrogens with zero attached hydrogens (tertiary/aromatic N) is 11. The van der Waals surface area contributed by atoms with Crippen molar-refractivity contribution in [3.63, 3.8) is 0 Å². The van der Waals surface area contributed by atoms with Gasteiger partial charge in [0.25, 0.3) is 0 Å². The average Bonchev–Trinajstić information content (AvgIpc) is 1.64. The van der Waals surface area contributed by atoms with Gasteiger partial charge in [0.1, 0.15) is 16.8 Å². The van der Waals surface area contributed by atoms with Gasteiger partial charge in [-0.2, -0.15) is 0 Å². The highest BCUT2D eigenvalue weighted by atomic mass is 35.5. The Labute approximate surface area is 569 Å². The number of nitrogens with one attached hydrogen (secondary N) is 2. The van der Waals surface area contributed by atoms with Gasteiger partial charge in [0, 0.05) is 143 Å². The van der Waals surface area contributed by atoms with Crippen molar-refractivity contribution in [2.45, 2.75) is 69.5 Å². The summed E-state index contributed by atoms with van der Waals surface area (Å²) >= 11 is 19.1. The molecule has 0 saturated carbocycles. The molecule has 3 fully saturated rings. The van der Waals surface area contributed by atoms with E-state index >= 15 is 0 Å². The number of piperazine rings is 3. The lowest BCUT2D eigenvalue weighted by atomic mass is 9.85. The molecule has 8 aromatic rings. The first-order valence-electron chi connectivity index (χ1n) is 32.1. The number of fused-ring (bicyclic) bond motifs is 6. The maximum Gasteiger partial charge on any atom is 0.410 e. The van der Waals surface area contributed by atoms with E-state index in [0.29, 0.717) is 46.8 Å². The molecule has 6 aliphatic rings.